The molecule has 2 aromatic carbocycles. The van der Waals surface area contributed by atoms with Gasteiger partial charge in [-0.05, 0) is 47.7 Å². The van der Waals surface area contributed by atoms with Crippen LogP contribution in [0.1, 0.15) is 39.9 Å². The number of nitrogens with two attached hydrogens (primary N) is 1. The van der Waals surface area contributed by atoms with Crippen molar-refractivity contribution < 1.29 is 4.79 Å². The van der Waals surface area contributed by atoms with Gasteiger partial charge in [-0.25, -0.2) is 0 Å². The highest BCUT2D eigenvalue weighted by molar-refractivity contribution is 5.96. The van der Waals surface area contributed by atoms with Gasteiger partial charge in [0, 0.05) is 22.6 Å². The number of primary amides is 1. The second kappa shape index (κ2) is 5.31. The highest BCUT2D eigenvalue weighted by Gasteiger charge is 2.48. The summed E-state index contributed by atoms with van der Waals surface area (Å²) in [6.45, 7) is 3.90. The summed E-state index contributed by atoms with van der Waals surface area (Å²) in [5.41, 5.74) is 10.3. The molecule has 0 atom stereocenters. The maximum atomic E-state index is 11.9. The zero-order valence-electron chi connectivity index (χ0n) is 13.3. The molecule has 1 aliphatic rings. The number of hydrogen-bond acceptors (Lipinski definition) is 2. The van der Waals surface area contributed by atoms with Gasteiger partial charge >= 0.3 is 0 Å². The number of hydrogen-bond donors (Lipinski definition) is 1. The minimum Gasteiger partial charge on any atom is -0.366 e. The summed E-state index contributed by atoms with van der Waals surface area (Å²) >= 11 is 0. The van der Waals surface area contributed by atoms with Crippen LogP contribution in [0.3, 0.4) is 0 Å². The van der Waals surface area contributed by atoms with Crippen LogP contribution >= 0.6 is 0 Å². The summed E-state index contributed by atoms with van der Waals surface area (Å²) in [5, 5.41) is 1.12. The molecule has 0 saturated heterocycles. The summed E-state index contributed by atoms with van der Waals surface area (Å²) in [7, 11) is 0. The van der Waals surface area contributed by atoms with Crippen LogP contribution < -0.4 is 5.73 Å². The van der Waals surface area contributed by atoms with Gasteiger partial charge in [0.05, 0.1) is 5.52 Å². The molecule has 0 bridgehead atoms. The Kier molecular flexibility index (Phi) is 3.24. The molecule has 3 heteroatoms. The fourth-order valence-corrected chi connectivity index (χ4v) is 3.64. The predicted molar refractivity (Wildman–Crippen MR) is 96.8 cm³/mol. The average Bonchev–Trinajstić information content (AvgIpc) is 3.42. The first kappa shape index (κ1) is 14.6. The van der Waals surface area contributed by atoms with Crippen LogP contribution in [0.5, 0.6) is 0 Å². The Morgan fingerprint density at radius 2 is 1.92 bits per heavy atom. The Morgan fingerprint density at radius 1 is 1.12 bits per heavy atom. The van der Waals surface area contributed by atoms with Crippen molar-refractivity contribution in [2.45, 2.75) is 18.3 Å². The smallest absolute Gasteiger partial charge is 0.249 e. The zero-order chi connectivity index (χ0) is 16.7. The predicted octanol–water partition coefficient (Wildman–Crippen LogP) is 4.06. The molecular formula is C21H18N2O. The first-order valence-electron chi connectivity index (χ1n) is 8.07. The molecule has 0 spiro atoms. The van der Waals surface area contributed by atoms with Crippen LogP contribution in [0.15, 0.2) is 61.3 Å². The van der Waals surface area contributed by atoms with Crippen LogP contribution in [0.2, 0.25) is 0 Å². The van der Waals surface area contributed by atoms with Crippen molar-refractivity contribution in [2.24, 2.45) is 5.73 Å². The summed E-state index contributed by atoms with van der Waals surface area (Å²) in [6, 6.07) is 15.9. The summed E-state index contributed by atoms with van der Waals surface area (Å²) in [5.74, 6) is -0.376. The second-order valence-corrected chi connectivity index (χ2v) is 6.33. The molecule has 3 aromatic rings. The van der Waals surface area contributed by atoms with Gasteiger partial charge in [0.1, 0.15) is 0 Å². The van der Waals surface area contributed by atoms with Crippen LogP contribution in [0.25, 0.3) is 17.0 Å². The lowest BCUT2D eigenvalue weighted by molar-refractivity contribution is 0.0999. The van der Waals surface area contributed by atoms with E-state index in [1.165, 1.54) is 5.56 Å². The molecule has 3 nitrogen and oxygen atoms in total. The van der Waals surface area contributed by atoms with Gasteiger partial charge in [-0.15, -0.1) is 0 Å². The molecule has 2 N–H and O–H groups in total. The van der Waals surface area contributed by atoms with E-state index in [0.717, 1.165) is 34.9 Å². The van der Waals surface area contributed by atoms with Gasteiger partial charge in [-0.3, -0.25) is 9.78 Å². The molecule has 0 unspecified atom stereocenters. The molecule has 1 heterocycles. The van der Waals surface area contributed by atoms with Gasteiger partial charge in [-0.2, -0.15) is 0 Å². The monoisotopic (exact) mass is 314 g/mol. The summed E-state index contributed by atoms with van der Waals surface area (Å²) < 4.78 is 0. The van der Waals surface area contributed by atoms with E-state index in [4.69, 9.17) is 5.73 Å². The third kappa shape index (κ3) is 2.13. The van der Waals surface area contributed by atoms with E-state index in [0.29, 0.717) is 5.56 Å². The van der Waals surface area contributed by atoms with Crippen molar-refractivity contribution in [1.82, 2.24) is 4.98 Å². The number of rotatable bonds is 4. The average molecular weight is 314 g/mol. The highest BCUT2D eigenvalue weighted by Crippen LogP contribution is 2.56. The number of aromatic nitrogens is 1. The molecule has 1 aliphatic carbocycles. The Hall–Kier alpha value is -2.94. The van der Waals surface area contributed by atoms with Crippen LogP contribution in [0.4, 0.5) is 0 Å². The Labute approximate surface area is 140 Å². The molecular weight excluding hydrogens is 296 g/mol. The van der Waals surface area contributed by atoms with Gasteiger partial charge in [0.15, 0.2) is 0 Å². The van der Waals surface area contributed by atoms with E-state index in [-0.39, 0.29) is 11.3 Å². The van der Waals surface area contributed by atoms with Crippen molar-refractivity contribution in [2.75, 3.05) is 0 Å². The number of pyridine rings is 1. The molecule has 1 saturated carbocycles. The Balaban J connectivity index is 2.01. The number of carbonyl (C=O) groups is 1. The number of benzene rings is 2. The Bertz CT molecular complexity index is 970. The van der Waals surface area contributed by atoms with E-state index in [1.807, 2.05) is 42.5 Å². The lowest BCUT2D eigenvalue weighted by Gasteiger charge is -2.21. The molecule has 4 rings (SSSR count). The Morgan fingerprint density at radius 3 is 2.62 bits per heavy atom. The maximum absolute atomic E-state index is 11.9. The molecule has 118 valence electrons. The van der Waals surface area contributed by atoms with Crippen LogP contribution in [-0.2, 0) is 5.41 Å². The van der Waals surface area contributed by atoms with Crippen molar-refractivity contribution in [3.8, 4) is 0 Å². The number of amides is 1. The van der Waals surface area contributed by atoms with E-state index < -0.39 is 0 Å². The fourth-order valence-electron chi connectivity index (χ4n) is 3.64. The van der Waals surface area contributed by atoms with Gasteiger partial charge in [-0.1, -0.05) is 43.0 Å². The lowest BCUT2D eigenvalue weighted by Crippen LogP contribution is -2.19. The van der Waals surface area contributed by atoms with Crippen molar-refractivity contribution in [1.29, 1.82) is 0 Å². The quantitative estimate of drug-likeness (QED) is 0.789. The van der Waals surface area contributed by atoms with Crippen molar-refractivity contribution in [3.05, 3.63) is 83.6 Å². The summed E-state index contributed by atoms with van der Waals surface area (Å²) in [4.78, 5) is 16.4. The summed E-state index contributed by atoms with van der Waals surface area (Å²) in [6.07, 6.45) is 5.65. The van der Waals surface area contributed by atoms with Gasteiger partial charge in [0.2, 0.25) is 5.91 Å². The highest BCUT2D eigenvalue weighted by atomic mass is 16.1. The van der Waals surface area contributed by atoms with Crippen molar-refractivity contribution in [3.63, 3.8) is 0 Å². The first-order valence-corrected chi connectivity index (χ1v) is 8.07. The molecule has 0 aliphatic heterocycles. The molecule has 24 heavy (non-hydrogen) atoms. The maximum Gasteiger partial charge on any atom is 0.249 e. The number of fused-ring (bicyclic) bond motifs is 1. The van der Waals surface area contributed by atoms with E-state index in [2.05, 4.69) is 23.7 Å². The SMILES string of the molecule is C=Cc1cc(C2(c3ccccc3C(N)=O)CC2)c2cccnc2c1. The topological polar surface area (TPSA) is 56.0 Å². The molecule has 1 aromatic heterocycles. The second-order valence-electron chi connectivity index (χ2n) is 6.33. The molecule has 0 radical (unpaired) electrons. The zero-order valence-corrected chi connectivity index (χ0v) is 13.3. The number of carbonyl (C=O) groups excluding carboxylic acids is 1. The minimum atomic E-state index is -0.376. The minimum absolute atomic E-state index is 0.161. The number of nitrogens with zero attached hydrogens (tertiary/aromatic N) is 1. The first-order chi connectivity index (χ1) is 11.7. The van der Waals surface area contributed by atoms with E-state index in [1.54, 1.807) is 6.20 Å². The van der Waals surface area contributed by atoms with Gasteiger partial charge < -0.3 is 5.73 Å². The van der Waals surface area contributed by atoms with Crippen LogP contribution in [0, 0.1) is 0 Å². The van der Waals surface area contributed by atoms with Gasteiger partial charge in [0.25, 0.3) is 0 Å². The normalized spacial score (nSPS) is 15.2. The van der Waals surface area contributed by atoms with E-state index in [9.17, 15) is 4.79 Å². The third-order valence-corrected chi connectivity index (χ3v) is 4.95. The standard InChI is InChI=1S/C21H18N2O/c1-2-14-12-18(15-7-5-11-23-19(15)13-14)21(9-10-21)17-8-4-3-6-16(17)20(22)24/h2-8,11-13H,1,9-10H2,(H2,22,24). The largest absolute Gasteiger partial charge is 0.366 e. The third-order valence-electron chi connectivity index (χ3n) is 4.95. The van der Waals surface area contributed by atoms with E-state index >= 15 is 0 Å². The van der Waals surface area contributed by atoms with Crippen molar-refractivity contribution >= 4 is 22.9 Å². The van der Waals surface area contributed by atoms with Crippen LogP contribution in [-0.4, -0.2) is 10.9 Å². The molecule has 1 amide bonds. The lowest BCUT2D eigenvalue weighted by atomic mass is 9.82. The molecule has 1 fully saturated rings. The fraction of sp³-hybridized carbons (Fsp3) is 0.143.